The largest absolute Gasteiger partial charge is 0.396 e. The summed E-state index contributed by atoms with van der Waals surface area (Å²) in [5.41, 5.74) is 8.44. The van der Waals surface area contributed by atoms with Crippen LogP contribution in [0.1, 0.15) is 17.2 Å². The van der Waals surface area contributed by atoms with Crippen molar-refractivity contribution in [2.45, 2.75) is 12.5 Å². The van der Waals surface area contributed by atoms with Crippen LogP contribution in [0.5, 0.6) is 0 Å². The van der Waals surface area contributed by atoms with Crippen LogP contribution in [-0.2, 0) is 6.42 Å². The maximum absolute atomic E-state index is 9.03. The maximum atomic E-state index is 9.03. The van der Waals surface area contributed by atoms with Gasteiger partial charge >= 0.3 is 0 Å². The summed E-state index contributed by atoms with van der Waals surface area (Å²) in [6.45, 7) is 0.190. The summed E-state index contributed by atoms with van der Waals surface area (Å²) in [7, 11) is 0. The van der Waals surface area contributed by atoms with E-state index in [0.717, 1.165) is 6.42 Å². The van der Waals surface area contributed by atoms with Gasteiger partial charge in [0.1, 0.15) is 0 Å². The van der Waals surface area contributed by atoms with Crippen LogP contribution in [0, 0.1) is 5.92 Å². The Balaban J connectivity index is 2.35. The molecule has 0 fully saturated rings. The van der Waals surface area contributed by atoms with E-state index in [1.165, 1.54) is 11.1 Å². The van der Waals surface area contributed by atoms with Crippen molar-refractivity contribution in [1.82, 2.24) is 0 Å². The number of fused-ring (bicyclic) bond motifs is 1. The number of hydrogen-bond donors (Lipinski definition) is 2. The molecule has 12 heavy (non-hydrogen) atoms. The van der Waals surface area contributed by atoms with Crippen LogP contribution >= 0.6 is 0 Å². The van der Waals surface area contributed by atoms with Gasteiger partial charge in [0.15, 0.2) is 0 Å². The van der Waals surface area contributed by atoms with Gasteiger partial charge in [0, 0.05) is 18.6 Å². The highest BCUT2D eigenvalue weighted by atomic mass is 16.3. The Labute approximate surface area is 72.0 Å². The highest BCUT2D eigenvalue weighted by Crippen LogP contribution is 2.33. The smallest absolute Gasteiger partial charge is 0.0480 e. The van der Waals surface area contributed by atoms with Crippen molar-refractivity contribution >= 4 is 0 Å². The third-order valence-electron chi connectivity index (χ3n) is 2.64. The van der Waals surface area contributed by atoms with Crippen molar-refractivity contribution in [2.75, 3.05) is 6.61 Å². The van der Waals surface area contributed by atoms with Crippen molar-refractivity contribution in [1.29, 1.82) is 0 Å². The zero-order valence-corrected chi connectivity index (χ0v) is 6.90. The molecular weight excluding hydrogens is 150 g/mol. The van der Waals surface area contributed by atoms with Crippen molar-refractivity contribution in [3.63, 3.8) is 0 Å². The molecule has 2 atom stereocenters. The van der Waals surface area contributed by atoms with Gasteiger partial charge in [0.05, 0.1) is 0 Å². The van der Waals surface area contributed by atoms with Crippen LogP contribution in [0.25, 0.3) is 0 Å². The minimum Gasteiger partial charge on any atom is -0.396 e. The van der Waals surface area contributed by atoms with Crippen molar-refractivity contribution in [2.24, 2.45) is 11.7 Å². The maximum Gasteiger partial charge on any atom is 0.0480 e. The lowest BCUT2D eigenvalue weighted by atomic mass is 10.0. The molecule has 0 amide bonds. The van der Waals surface area contributed by atoms with Crippen LogP contribution in [0.2, 0.25) is 0 Å². The molecule has 2 rings (SSSR count). The molecule has 64 valence electrons. The number of benzene rings is 1. The third-order valence-corrected chi connectivity index (χ3v) is 2.64. The number of rotatable bonds is 1. The number of nitrogens with two attached hydrogens (primary N) is 1. The average Bonchev–Trinajstić information content (AvgIpc) is 2.44. The third kappa shape index (κ3) is 1.04. The van der Waals surface area contributed by atoms with Crippen LogP contribution in [0.3, 0.4) is 0 Å². The van der Waals surface area contributed by atoms with Gasteiger partial charge in [-0.15, -0.1) is 0 Å². The molecule has 2 unspecified atom stereocenters. The van der Waals surface area contributed by atoms with E-state index in [1.807, 2.05) is 12.1 Å². The molecule has 0 spiro atoms. The lowest BCUT2D eigenvalue weighted by Crippen LogP contribution is -2.19. The average molecular weight is 163 g/mol. The summed E-state index contributed by atoms with van der Waals surface area (Å²) in [6.07, 6.45) is 0.924. The molecule has 0 aromatic heterocycles. The van der Waals surface area contributed by atoms with Crippen molar-refractivity contribution in [3.8, 4) is 0 Å². The van der Waals surface area contributed by atoms with Crippen molar-refractivity contribution < 1.29 is 5.11 Å². The molecule has 0 aliphatic heterocycles. The Hall–Kier alpha value is -0.860. The summed E-state index contributed by atoms with van der Waals surface area (Å²) >= 11 is 0. The molecule has 2 nitrogen and oxygen atoms in total. The van der Waals surface area contributed by atoms with Gasteiger partial charge in [-0.1, -0.05) is 24.3 Å². The van der Waals surface area contributed by atoms with Gasteiger partial charge in [-0.3, -0.25) is 0 Å². The molecule has 1 aliphatic rings. The van der Waals surface area contributed by atoms with Crippen molar-refractivity contribution in [3.05, 3.63) is 35.4 Å². The number of hydrogen-bond acceptors (Lipinski definition) is 2. The minimum atomic E-state index is 0.0335. The Morgan fingerprint density at radius 2 is 2.17 bits per heavy atom. The second kappa shape index (κ2) is 2.88. The second-order valence-electron chi connectivity index (χ2n) is 3.37. The van der Waals surface area contributed by atoms with Crippen LogP contribution < -0.4 is 5.73 Å². The molecule has 0 heterocycles. The lowest BCUT2D eigenvalue weighted by molar-refractivity contribution is 0.214. The molecule has 2 heteroatoms. The molecule has 1 aromatic carbocycles. The normalized spacial score (nSPS) is 27.2. The molecular formula is C10H13NO. The van der Waals surface area contributed by atoms with Gasteiger partial charge in [0.2, 0.25) is 0 Å². The number of aliphatic hydroxyl groups is 1. The van der Waals surface area contributed by atoms with Gasteiger partial charge in [-0.05, 0) is 17.5 Å². The number of aliphatic hydroxyl groups excluding tert-OH is 1. The second-order valence-corrected chi connectivity index (χ2v) is 3.37. The van der Waals surface area contributed by atoms with E-state index in [2.05, 4.69) is 12.1 Å². The molecule has 0 saturated heterocycles. The summed E-state index contributed by atoms with van der Waals surface area (Å²) in [6, 6.07) is 8.19. The van der Waals surface area contributed by atoms with Crippen LogP contribution in [0.15, 0.2) is 24.3 Å². The fourth-order valence-corrected chi connectivity index (χ4v) is 1.89. The fourth-order valence-electron chi connectivity index (χ4n) is 1.89. The van der Waals surface area contributed by atoms with Gasteiger partial charge in [-0.2, -0.15) is 0 Å². The first kappa shape index (κ1) is 7.77. The van der Waals surface area contributed by atoms with E-state index in [-0.39, 0.29) is 18.6 Å². The Kier molecular flexibility index (Phi) is 1.87. The molecule has 0 bridgehead atoms. The minimum absolute atomic E-state index is 0.0335. The first-order chi connectivity index (χ1) is 5.83. The molecule has 0 radical (unpaired) electrons. The lowest BCUT2D eigenvalue weighted by Gasteiger charge is -2.11. The highest BCUT2D eigenvalue weighted by Gasteiger charge is 2.28. The zero-order chi connectivity index (χ0) is 8.55. The van der Waals surface area contributed by atoms with E-state index in [9.17, 15) is 0 Å². The summed E-state index contributed by atoms with van der Waals surface area (Å²) in [5, 5.41) is 9.03. The first-order valence-corrected chi connectivity index (χ1v) is 4.27. The van der Waals surface area contributed by atoms with Gasteiger partial charge in [-0.25, -0.2) is 0 Å². The monoisotopic (exact) mass is 163 g/mol. The topological polar surface area (TPSA) is 46.2 Å². The summed E-state index contributed by atoms with van der Waals surface area (Å²) in [5.74, 6) is 0.224. The molecule has 1 aliphatic carbocycles. The quantitative estimate of drug-likeness (QED) is 0.644. The van der Waals surface area contributed by atoms with Gasteiger partial charge < -0.3 is 10.8 Å². The predicted octanol–water partition coefficient (Wildman–Crippen LogP) is 0.851. The first-order valence-electron chi connectivity index (χ1n) is 4.27. The molecule has 3 N–H and O–H groups in total. The summed E-state index contributed by atoms with van der Waals surface area (Å²) < 4.78 is 0. The van der Waals surface area contributed by atoms with Crippen LogP contribution in [0.4, 0.5) is 0 Å². The Morgan fingerprint density at radius 3 is 2.83 bits per heavy atom. The zero-order valence-electron chi connectivity index (χ0n) is 6.90. The molecule has 1 aromatic rings. The Morgan fingerprint density at radius 1 is 1.42 bits per heavy atom. The van der Waals surface area contributed by atoms with E-state index < -0.39 is 0 Å². The van der Waals surface area contributed by atoms with E-state index >= 15 is 0 Å². The fraction of sp³-hybridized carbons (Fsp3) is 0.400. The predicted molar refractivity (Wildman–Crippen MR) is 47.7 cm³/mol. The van der Waals surface area contributed by atoms with E-state index in [0.29, 0.717) is 0 Å². The molecule has 0 saturated carbocycles. The SMILES string of the molecule is NC1c2ccccc2CC1CO. The van der Waals surface area contributed by atoms with E-state index in [1.54, 1.807) is 0 Å². The van der Waals surface area contributed by atoms with Gasteiger partial charge in [0.25, 0.3) is 0 Å². The summed E-state index contributed by atoms with van der Waals surface area (Å²) in [4.78, 5) is 0. The Bertz CT molecular complexity index is 285. The van der Waals surface area contributed by atoms with E-state index in [4.69, 9.17) is 10.8 Å². The standard InChI is InChI=1S/C10H13NO/c11-10-8(6-12)5-7-3-1-2-4-9(7)10/h1-4,8,10,12H,5-6,11H2. The van der Waals surface area contributed by atoms with Crippen LogP contribution in [-0.4, -0.2) is 11.7 Å². The highest BCUT2D eigenvalue weighted by molar-refractivity contribution is 5.35.